The Morgan fingerprint density at radius 1 is 1.16 bits per heavy atom. The smallest absolute Gasteiger partial charge is 0.323 e. The van der Waals surface area contributed by atoms with Gasteiger partial charge in [0.05, 0.1) is 6.10 Å². The lowest BCUT2D eigenvalue weighted by atomic mass is 9.80. The first-order valence-electron chi connectivity index (χ1n) is 9.99. The molecule has 0 radical (unpaired) electrons. The zero-order valence-electron chi connectivity index (χ0n) is 17.5. The average Bonchev–Trinajstić information content (AvgIpc) is 2.84. The van der Waals surface area contributed by atoms with E-state index in [1.165, 1.54) is 13.0 Å². The van der Waals surface area contributed by atoms with Gasteiger partial charge in [-0.05, 0) is 23.6 Å². The maximum Gasteiger partial charge on any atom is 0.323 e. The number of ether oxygens (including phenoxy) is 1. The molecule has 0 saturated heterocycles. The van der Waals surface area contributed by atoms with E-state index in [4.69, 9.17) is 4.74 Å². The first-order valence-corrected chi connectivity index (χ1v) is 9.99. The van der Waals surface area contributed by atoms with Crippen LogP contribution >= 0.6 is 0 Å². The van der Waals surface area contributed by atoms with E-state index in [1.807, 2.05) is 13.8 Å². The van der Waals surface area contributed by atoms with E-state index in [2.05, 4.69) is 5.32 Å². The van der Waals surface area contributed by atoms with Crippen molar-refractivity contribution in [2.75, 3.05) is 11.9 Å². The van der Waals surface area contributed by atoms with Crippen molar-refractivity contribution in [3.05, 3.63) is 65.5 Å². The molecule has 1 aliphatic heterocycles. The summed E-state index contributed by atoms with van der Waals surface area (Å²) in [6.45, 7) is 4.29. The van der Waals surface area contributed by atoms with Gasteiger partial charge in [0.1, 0.15) is 12.4 Å². The summed E-state index contributed by atoms with van der Waals surface area (Å²) in [5.41, 5.74) is 1.51. The van der Waals surface area contributed by atoms with Crippen LogP contribution in [-0.4, -0.2) is 40.6 Å². The van der Waals surface area contributed by atoms with Gasteiger partial charge >= 0.3 is 5.97 Å². The summed E-state index contributed by atoms with van der Waals surface area (Å²) in [4.78, 5) is 37.3. The van der Waals surface area contributed by atoms with E-state index < -0.39 is 48.4 Å². The third-order valence-electron chi connectivity index (χ3n) is 5.33. The quantitative estimate of drug-likeness (QED) is 0.734. The molecule has 0 aromatic heterocycles. The number of fused-ring (bicyclic) bond motifs is 1. The normalized spacial score (nSPS) is 19.2. The lowest BCUT2D eigenvalue weighted by molar-refractivity contribution is -0.169. The van der Waals surface area contributed by atoms with Crippen LogP contribution in [0.4, 0.5) is 10.1 Å². The SMILES string of the molecule is CC(=O)N(CC(=O)O)[C@@H]1O[C@@H](C(c2ccccc2F)C(C)C)c2ccccc2NC1=O. The molecule has 0 bridgehead atoms. The van der Waals surface area contributed by atoms with Crippen molar-refractivity contribution in [1.29, 1.82) is 0 Å². The highest BCUT2D eigenvalue weighted by Crippen LogP contribution is 2.45. The third-order valence-corrected chi connectivity index (χ3v) is 5.33. The number of rotatable bonds is 6. The summed E-state index contributed by atoms with van der Waals surface area (Å²) in [6, 6.07) is 13.3. The summed E-state index contributed by atoms with van der Waals surface area (Å²) in [5, 5.41) is 12.0. The predicted molar refractivity (Wildman–Crippen MR) is 112 cm³/mol. The number of aliphatic carboxylic acids is 1. The molecule has 0 spiro atoms. The van der Waals surface area contributed by atoms with Crippen molar-refractivity contribution < 1.29 is 28.6 Å². The van der Waals surface area contributed by atoms with E-state index in [0.717, 1.165) is 4.90 Å². The zero-order chi connectivity index (χ0) is 22.7. The minimum atomic E-state index is -1.49. The number of benzene rings is 2. The third kappa shape index (κ3) is 4.74. The number of carbonyl (C=O) groups excluding carboxylic acids is 2. The minimum Gasteiger partial charge on any atom is -0.480 e. The zero-order valence-corrected chi connectivity index (χ0v) is 17.5. The molecule has 0 aliphatic carbocycles. The molecule has 1 unspecified atom stereocenters. The van der Waals surface area contributed by atoms with Gasteiger partial charge in [0.15, 0.2) is 0 Å². The van der Waals surface area contributed by atoms with Gasteiger partial charge in [-0.2, -0.15) is 0 Å². The maximum absolute atomic E-state index is 14.8. The van der Waals surface area contributed by atoms with E-state index in [1.54, 1.807) is 42.5 Å². The molecule has 2 aromatic carbocycles. The number of carboxylic acid groups (broad SMARTS) is 1. The van der Waals surface area contributed by atoms with Gasteiger partial charge < -0.3 is 15.2 Å². The highest BCUT2D eigenvalue weighted by Gasteiger charge is 2.41. The molecule has 3 atom stereocenters. The van der Waals surface area contributed by atoms with E-state index in [9.17, 15) is 23.9 Å². The van der Waals surface area contributed by atoms with Crippen molar-refractivity contribution in [2.45, 2.75) is 39.0 Å². The number of para-hydroxylation sites is 1. The van der Waals surface area contributed by atoms with Gasteiger partial charge in [0, 0.05) is 24.1 Å². The number of nitrogens with one attached hydrogen (secondary N) is 1. The van der Waals surface area contributed by atoms with Crippen LogP contribution in [0.25, 0.3) is 0 Å². The summed E-state index contributed by atoms with van der Waals surface area (Å²) in [7, 11) is 0. The Kier molecular flexibility index (Phi) is 6.70. The van der Waals surface area contributed by atoms with Crippen molar-refractivity contribution in [2.24, 2.45) is 5.92 Å². The van der Waals surface area contributed by atoms with Crippen LogP contribution in [0.2, 0.25) is 0 Å². The van der Waals surface area contributed by atoms with Gasteiger partial charge in [-0.25, -0.2) is 4.39 Å². The number of anilines is 1. The molecule has 8 heteroatoms. The van der Waals surface area contributed by atoms with Gasteiger partial charge in [-0.3, -0.25) is 19.3 Å². The Labute approximate surface area is 179 Å². The van der Waals surface area contributed by atoms with Gasteiger partial charge in [0.2, 0.25) is 12.1 Å². The molecule has 2 aromatic rings. The number of carboxylic acids is 1. The topological polar surface area (TPSA) is 95.9 Å². The fourth-order valence-corrected chi connectivity index (χ4v) is 3.94. The molecular weight excluding hydrogens is 403 g/mol. The number of hydrogen-bond donors (Lipinski definition) is 2. The summed E-state index contributed by atoms with van der Waals surface area (Å²) >= 11 is 0. The number of nitrogens with zero attached hydrogens (tertiary/aromatic N) is 1. The summed E-state index contributed by atoms with van der Waals surface area (Å²) in [6.07, 6.45) is -2.30. The largest absolute Gasteiger partial charge is 0.480 e. The monoisotopic (exact) mass is 428 g/mol. The van der Waals surface area contributed by atoms with Crippen LogP contribution in [0.15, 0.2) is 48.5 Å². The molecule has 1 heterocycles. The molecule has 0 fully saturated rings. The lowest BCUT2D eigenvalue weighted by Gasteiger charge is -2.35. The highest BCUT2D eigenvalue weighted by molar-refractivity contribution is 5.98. The Morgan fingerprint density at radius 2 is 1.81 bits per heavy atom. The minimum absolute atomic E-state index is 0.103. The van der Waals surface area contributed by atoms with E-state index in [0.29, 0.717) is 16.8 Å². The van der Waals surface area contributed by atoms with E-state index >= 15 is 0 Å². The predicted octanol–water partition coefficient (Wildman–Crippen LogP) is 3.53. The van der Waals surface area contributed by atoms with Gasteiger partial charge in [-0.1, -0.05) is 50.2 Å². The van der Waals surface area contributed by atoms with Crippen LogP contribution in [0.3, 0.4) is 0 Å². The second kappa shape index (κ2) is 9.26. The maximum atomic E-state index is 14.8. The van der Waals surface area contributed by atoms with Gasteiger partial charge in [-0.15, -0.1) is 0 Å². The first-order chi connectivity index (χ1) is 14.7. The Hall–Kier alpha value is -3.26. The van der Waals surface area contributed by atoms with Crippen LogP contribution in [0, 0.1) is 11.7 Å². The molecule has 2 amide bonds. The molecule has 1 aliphatic rings. The first kappa shape index (κ1) is 22.4. The van der Waals surface area contributed by atoms with Crippen LogP contribution in [0.5, 0.6) is 0 Å². The highest BCUT2D eigenvalue weighted by atomic mass is 19.1. The molecule has 2 N–H and O–H groups in total. The fourth-order valence-electron chi connectivity index (χ4n) is 3.94. The molecule has 7 nitrogen and oxygen atoms in total. The number of halogens is 1. The number of hydrogen-bond acceptors (Lipinski definition) is 4. The standard InChI is InChI=1S/C23H25FN2O5/c1-13(2)20(15-8-4-6-10-17(15)24)21-16-9-5-7-11-18(16)25-22(30)23(31-21)26(14(3)27)12-19(28)29/h4-11,13,20-21,23H,12H2,1-3H3,(H,25,30)(H,28,29)/t20?,21-,23-/m1/s1. The van der Waals surface area contributed by atoms with Crippen LogP contribution in [0.1, 0.15) is 43.9 Å². The van der Waals surface area contributed by atoms with Crippen LogP contribution < -0.4 is 5.32 Å². The van der Waals surface area contributed by atoms with Gasteiger partial charge in [0.25, 0.3) is 5.91 Å². The number of amides is 2. The molecule has 31 heavy (non-hydrogen) atoms. The van der Waals surface area contributed by atoms with Crippen molar-refractivity contribution in [3.63, 3.8) is 0 Å². The van der Waals surface area contributed by atoms with Crippen LogP contribution in [-0.2, 0) is 19.1 Å². The molecule has 164 valence electrons. The Morgan fingerprint density at radius 3 is 2.42 bits per heavy atom. The molecular formula is C23H25FN2O5. The molecule has 3 rings (SSSR count). The molecule has 0 saturated carbocycles. The van der Waals surface area contributed by atoms with E-state index in [-0.39, 0.29) is 5.92 Å². The second-order valence-corrected chi connectivity index (χ2v) is 7.82. The van der Waals surface area contributed by atoms with Crippen molar-refractivity contribution in [1.82, 2.24) is 4.90 Å². The Bertz CT molecular complexity index is 993. The second-order valence-electron chi connectivity index (χ2n) is 7.82. The van der Waals surface area contributed by atoms with Crippen molar-refractivity contribution in [3.8, 4) is 0 Å². The van der Waals surface area contributed by atoms with Crippen molar-refractivity contribution >= 4 is 23.5 Å². The number of carbonyl (C=O) groups is 3. The lowest BCUT2D eigenvalue weighted by Crippen LogP contribution is -2.50. The Balaban J connectivity index is 2.15. The summed E-state index contributed by atoms with van der Waals surface area (Å²) in [5.74, 6) is -3.58. The summed E-state index contributed by atoms with van der Waals surface area (Å²) < 4.78 is 21.0. The fraction of sp³-hybridized carbons (Fsp3) is 0.348. The average molecular weight is 428 g/mol.